The van der Waals surface area contributed by atoms with E-state index >= 15 is 0 Å². The lowest BCUT2D eigenvalue weighted by Crippen LogP contribution is -2.46. The molecule has 106 valence electrons. The Morgan fingerprint density at radius 2 is 1.84 bits per heavy atom. The summed E-state index contributed by atoms with van der Waals surface area (Å²) < 4.78 is 0. The number of carbonyl (C=O) groups is 1. The molecule has 6 heteroatoms. The third-order valence-electron chi connectivity index (χ3n) is 3.12. The predicted octanol–water partition coefficient (Wildman–Crippen LogP) is 2.07. The van der Waals surface area contributed by atoms with E-state index in [4.69, 9.17) is 10.8 Å². The molecule has 0 amide bonds. The molecular formula is C13H21N3O2S. The number of thioether (sulfide) groups is 1. The molecule has 0 aliphatic rings. The quantitative estimate of drug-likeness (QED) is 0.635. The summed E-state index contributed by atoms with van der Waals surface area (Å²) in [5.41, 5.74) is 7.52. The fourth-order valence-corrected chi connectivity index (χ4v) is 2.87. The standard InChI is InChI=1S/C13H21N3O2S/c1-7(6-13(5,14)11(17)18)19-12-15-9(3)8(2)10(4)16-12/h7H,6,14H2,1-5H3,(H,17,18). The Balaban J connectivity index is 2.78. The van der Waals surface area contributed by atoms with Crippen LogP contribution in [-0.2, 0) is 4.79 Å². The number of carboxylic acid groups (broad SMARTS) is 1. The highest BCUT2D eigenvalue weighted by atomic mass is 32.2. The molecule has 0 radical (unpaired) electrons. The van der Waals surface area contributed by atoms with E-state index in [9.17, 15) is 4.79 Å². The largest absolute Gasteiger partial charge is 0.480 e. The van der Waals surface area contributed by atoms with Crippen LogP contribution in [0.1, 0.15) is 37.2 Å². The Bertz CT molecular complexity index is 466. The van der Waals surface area contributed by atoms with Crippen molar-refractivity contribution in [2.75, 3.05) is 0 Å². The molecule has 5 nitrogen and oxygen atoms in total. The highest BCUT2D eigenvalue weighted by Crippen LogP contribution is 2.26. The minimum absolute atomic E-state index is 0.0348. The highest BCUT2D eigenvalue weighted by Gasteiger charge is 2.30. The monoisotopic (exact) mass is 283 g/mol. The van der Waals surface area contributed by atoms with E-state index in [0.29, 0.717) is 11.6 Å². The summed E-state index contributed by atoms with van der Waals surface area (Å²) >= 11 is 1.46. The van der Waals surface area contributed by atoms with Gasteiger partial charge in [-0.3, -0.25) is 4.79 Å². The fourth-order valence-electron chi connectivity index (χ4n) is 1.70. The molecule has 0 spiro atoms. The van der Waals surface area contributed by atoms with Gasteiger partial charge in [-0.1, -0.05) is 18.7 Å². The van der Waals surface area contributed by atoms with Gasteiger partial charge >= 0.3 is 5.97 Å². The maximum absolute atomic E-state index is 11.0. The molecule has 19 heavy (non-hydrogen) atoms. The Kier molecular flexibility index (Phi) is 4.92. The van der Waals surface area contributed by atoms with Crippen molar-refractivity contribution in [2.45, 2.75) is 57.0 Å². The zero-order valence-corrected chi connectivity index (χ0v) is 12.8. The van der Waals surface area contributed by atoms with E-state index in [1.807, 2.05) is 27.7 Å². The Hall–Kier alpha value is -1.14. The van der Waals surface area contributed by atoms with Crippen LogP contribution in [0, 0.1) is 20.8 Å². The van der Waals surface area contributed by atoms with Crippen LogP contribution in [0.4, 0.5) is 0 Å². The van der Waals surface area contributed by atoms with Crippen LogP contribution >= 0.6 is 11.8 Å². The summed E-state index contributed by atoms with van der Waals surface area (Å²) in [5.74, 6) is -0.989. The summed E-state index contributed by atoms with van der Waals surface area (Å²) in [7, 11) is 0. The van der Waals surface area contributed by atoms with E-state index in [-0.39, 0.29) is 5.25 Å². The van der Waals surface area contributed by atoms with Crippen molar-refractivity contribution in [3.8, 4) is 0 Å². The lowest BCUT2D eigenvalue weighted by Gasteiger charge is -2.22. The summed E-state index contributed by atoms with van der Waals surface area (Å²) in [5, 5.41) is 9.73. The molecule has 1 rings (SSSR count). The van der Waals surface area contributed by atoms with E-state index in [2.05, 4.69) is 9.97 Å². The molecule has 1 aromatic rings. The summed E-state index contributed by atoms with van der Waals surface area (Å²) in [6, 6.07) is 0. The van der Waals surface area contributed by atoms with Crippen molar-refractivity contribution in [3.05, 3.63) is 17.0 Å². The van der Waals surface area contributed by atoms with Crippen LogP contribution in [0.15, 0.2) is 5.16 Å². The van der Waals surface area contributed by atoms with Crippen molar-refractivity contribution >= 4 is 17.7 Å². The molecule has 2 unspecified atom stereocenters. The average Bonchev–Trinajstić information content (AvgIpc) is 2.24. The summed E-state index contributed by atoms with van der Waals surface area (Å²) in [4.78, 5) is 19.8. The van der Waals surface area contributed by atoms with Crippen LogP contribution in [-0.4, -0.2) is 31.8 Å². The first-order valence-electron chi connectivity index (χ1n) is 6.14. The van der Waals surface area contributed by atoms with Gasteiger partial charge in [-0.2, -0.15) is 0 Å². The van der Waals surface area contributed by atoms with Gasteiger partial charge < -0.3 is 10.8 Å². The third kappa shape index (κ3) is 4.18. The molecule has 0 aliphatic heterocycles. The van der Waals surface area contributed by atoms with Crippen molar-refractivity contribution < 1.29 is 9.90 Å². The molecule has 1 aromatic heterocycles. The first-order chi connectivity index (χ1) is 8.63. The average molecular weight is 283 g/mol. The SMILES string of the molecule is Cc1nc(SC(C)CC(C)(N)C(=O)O)nc(C)c1C. The van der Waals surface area contributed by atoms with E-state index in [1.165, 1.54) is 18.7 Å². The Labute approximate surface area is 118 Å². The maximum Gasteiger partial charge on any atom is 0.323 e. The molecular weight excluding hydrogens is 262 g/mol. The van der Waals surface area contributed by atoms with Gasteiger partial charge in [-0.25, -0.2) is 9.97 Å². The van der Waals surface area contributed by atoms with Crippen LogP contribution in [0.25, 0.3) is 0 Å². The number of aliphatic carboxylic acids is 1. The summed E-state index contributed by atoms with van der Waals surface area (Å²) in [6.07, 6.45) is 0.363. The molecule has 2 atom stereocenters. The van der Waals surface area contributed by atoms with Gasteiger partial charge in [0.1, 0.15) is 5.54 Å². The van der Waals surface area contributed by atoms with Gasteiger partial charge in [0, 0.05) is 16.6 Å². The first-order valence-corrected chi connectivity index (χ1v) is 7.02. The number of aromatic nitrogens is 2. The number of hydrogen-bond acceptors (Lipinski definition) is 5. The molecule has 0 fully saturated rings. The molecule has 0 aliphatic carbocycles. The fraction of sp³-hybridized carbons (Fsp3) is 0.615. The first kappa shape index (κ1) is 15.9. The lowest BCUT2D eigenvalue weighted by molar-refractivity contribution is -0.142. The van der Waals surface area contributed by atoms with Crippen molar-refractivity contribution in [1.82, 2.24) is 9.97 Å². The number of aryl methyl sites for hydroxylation is 2. The van der Waals surface area contributed by atoms with Gasteiger partial charge in [0.2, 0.25) is 0 Å². The second kappa shape index (κ2) is 5.88. The zero-order chi connectivity index (χ0) is 14.8. The molecule has 0 bridgehead atoms. The van der Waals surface area contributed by atoms with Crippen molar-refractivity contribution in [2.24, 2.45) is 5.73 Å². The van der Waals surface area contributed by atoms with E-state index in [1.54, 1.807) is 0 Å². The molecule has 1 heterocycles. The topological polar surface area (TPSA) is 89.1 Å². The number of hydrogen-bond donors (Lipinski definition) is 2. The predicted molar refractivity (Wildman–Crippen MR) is 76.4 cm³/mol. The molecule has 0 aromatic carbocycles. The zero-order valence-electron chi connectivity index (χ0n) is 12.0. The number of rotatable bonds is 5. The van der Waals surface area contributed by atoms with E-state index < -0.39 is 11.5 Å². The normalized spacial score (nSPS) is 15.9. The highest BCUT2D eigenvalue weighted by molar-refractivity contribution is 7.99. The second-order valence-electron chi connectivity index (χ2n) is 5.16. The van der Waals surface area contributed by atoms with E-state index in [0.717, 1.165) is 17.0 Å². The second-order valence-corrected chi connectivity index (χ2v) is 6.56. The minimum Gasteiger partial charge on any atom is -0.480 e. The molecule has 3 N–H and O–H groups in total. The maximum atomic E-state index is 11.0. The van der Waals surface area contributed by atoms with Gasteiger partial charge in [0.05, 0.1) is 0 Å². The number of nitrogens with two attached hydrogens (primary N) is 1. The van der Waals surface area contributed by atoms with Crippen LogP contribution in [0.5, 0.6) is 0 Å². The van der Waals surface area contributed by atoms with Crippen LogP contribution in [0.2, 0.25) is 0 Å². The third-order valence-corrected chi connectivity index (χ3v) is 4.08. The van der Waals surface area contributed by atoms with Gasteiger partial charge in [-0.15, -0.1) is 0 Å². The van der Waals surface area contributed by atoms with Gasteiger partial charge in [-0.05, 0) is 39.7 Å². The Morgan fingerprint density at radius 1 is 1.37 bits per heavy atom. The van der Waals surface area contributed by atoms with Crippen LogP contribution < -0.4 is 5.73 Å². The van der Waals surface area contributed by atoms with Crippen molar-refractivity contribution in [1.29, 1.82) is 0 Å². The van der Waals surface area contributed by atoms with Crippen molar-refractivity contribution in [3.63, 3.8) is 0 Å². The Morgan fingerprint density at radius 3 is 2.26 bits per heavy atom. The molecule has 0 saturated carbocycles. The number of carboxylic acids is 1. The number of nitrogens with zero attached hydrogens (tertiary/aromatic N) is 2. The smallest absolute Gasteiger partial charge is 0.323 e. The lowest BCUT2D eigenvalue weighted by atomic mass is 9.98. The minimum atomic E-state index is -1.22. The molecule has 0 saturated heterocycles. The van der Waals surface area contributed by atoms with Gasteiger partial charge in [0.15, 0.2) is 5.16 Å². The van der Waals surface area contributed by atoms with Crippen LogP contribution in [0.3, 0.4) is 0 Å². The van der Waals surface area contributed by atoms with Gasteiger partial charge in [0.25, 0.3) is 0 Å². The summed E-state index contributed by atoms with van der Waals surface area (Å²) in [6.45, 7) is 9.35.